The lowest BCUT2D eigenvalue weighted by molar-refractivity contribution is -0.114. The number of hydrogen-bond donors (Lipinski definition) is 3. The third-order valence-electron chi connectivity index (χ3n) is 3.37. The number of anilines is 2. The number of rotatable bonds is 4. The van der Waals surface area contributed by atoms with E-state index in [0.717, 1.165) is 0 Å². The molecule has 2 aromatic heterocycles. The van der Waals surface area contributed by atoms with Crippen LogP contribution in [-0.2, 0) is 4.79 Å². The van der Waals surface area contributed by atoms with Crippen LogP contribution < -0.4 is 10.6 Å². The summed E-state index contributed by atoms with van der Waals surface area (Å²) in [6.07, 6.45) is 1.53. The van der Waals surface area contributed by atoms with Crippen molar-refractivity contribution in [3.8, 4) is 11.5 Å². The second-order valence-electron chi connectivity index (χ2n) is 5.27. The lowest BCUT2D eigenvalue weighted by Crippen LogP contribution is -2.14. The number of furan rings is 1. The first-order chi connectivity index (χ1) is 11.5. The lowest BCUT2D eigenvalue weighted by atomic mass is 10.1. The maximum Gasteiger partial charge on any atom is 0.259 e. The number of hydrogen-bond acceptors (Lipinski definition) is 4. The van der Waals surface area contributed by atoms with Crippen molar-refractivity contribution in [2.24, 2.45) is 0 Å². The highest BCUT2D eigenvalue weighted by Crippen LogP contribution is 2.25. The van der Waals surface area contributed by atoms with Gasteiger partial charge in [-0.3, -0.25) is 14.7 Å². The van der Waals surface area contributed by atoms with Gasteiger partial charge >= 0.3 is 0 Å². The van der Waals surface area contributed by atoms with Crippen LogP contribution in [0.5, 0.6) is 0 Å². The van der Waals surface area contributed by atoms with Crippen molar-refractivity contribution >= 4 is 23.2 Å². The molecule has 1 aromatic carbocycles. The Hall–Kier alpha value is -3.35. The molecule has 2 amide bonds. The molecule has 0 radical (unpaired) electrons. The molecule has 7 heteroatoms. The molecule has 0 bridgehead atoms. The van der Waals surface area contributed by atoms with E-state index in [2.05, 4.69) is 20.8 Å². The molecule has 0 fully saturated rings. The number of H-pyrrole nitrogens is 1. The zero-order chi connectivity index (χ0) is 17.1. The van der Waals surface area contributed by atoms with Gasteiger partial charge in [0.15, 0.2) is 5.76 Å². The van der Waals surface area contributed by atoms with E-state index in [4.69, 9.17) is 4.42 Å². The van der Waals surface area contributed by atoms with Crippen molar-refractivity contribution in [3.05, 3.63) is 53.9 Å². The Morgan fingerprint density at radius 1 is 1.12 bits per heavy atom. The number of nitrogens with one attached hydrogen (secondary N) is 3. The van der Waals surface area contributed by atoms with Crippen LogP contribution in [-0.4, -0.2) is 22.0 Å². The molecule has 2 heterocycles. The van der Waals surface area contributed by atoms with Crippen molar-refractivity contribution in [2.45, 2.75) is 13.8 Å². The van der Waals surface area contributed by atoms with Gasteiger partial charge in [-0.15, -0.1) is 0 Å². The standard InChI is InChI=1S/C17H16N4O3/c1-10-15(16(21-20-10)14-7-4-8-24-14)17(23)19-13-6-3-5-12(9-13)18-11(2)22/h3-9H,1-2H3,(H,18,22)(H,19,23)(H,20,21). The topological polar surface area (TPSA) is 100 Å². The average Bonchev–Trinajstić information content (AvgIpc) is 3.15. The SMILES string of the molecule is CC(=O)Nc1cccc(NC(=O)c2c(-c3ccco3)n[nH]c2C)c1. The number of nitrogens with zero attached hydrogens (tertiary/aromatic N) is 1. The fourth-order valence-corrected chi connectivity index (χ4v) is 2.37. The van der Waals surface area contributed by atoms with Gasteiger partial charge in [-0.2, -0.15) is 5.10 Å². The lowest BCUT2D eigenvalue weighted by Gasteiger charge is -2.08. The Kier molecular flexibility index (Phi) is 4.15. The van der Waals surface area contributed by atoms with E-state index in [1.165, 1.54) is 13.2 Å². The third kappa shape index (κ3) is 3.19. The highest BCUT2D eigenvalue weighted by atomic mass is 16.3. The fraction of sp³-hybridized carbons (Fsp3) is 0.118. The second-order valence-corrected chi connectivity index (χ2v) is 5.27. The molecule has 0 aliphatic rings. The van der Waals surface area contributed by atoms with Gasteiger partial charge in [0.05, 0.1) is 11.8 Å². The van der Waals surface area contributed by atoms with Crippen molar-refractivity contribution in [1.29, 1.82) is 0 Å². The quantitative estimate of drug-likeness (QED) is 0.686. The summed E-state index contributed by atoms with van der Waals surface area (Å²) in [5.41, 5.74) is 2.67. The minimum Gasteiger partial charge on any atom is -0.463 e. The second kappa shape index (κ2) is 6.41. The van der Waals surface area contributed by atoms with E-state index in [1.54, 1.807) is 43.3 Å². The van der Waals surface area contributed by atoms with Crippen LogP contribution in [0.2, 0.25) is 0 Å². The number of aromatic nitrogens is 2. The van der Waals surface area contributed by atoms with E-state index in [-0.39, 0.29) is 11.8 Å². The Labute approximate surface area is 138 Å². The minimum atomic E-state index is -0.312. The van der Waals surface area contributed by atoms with Crippen LogP contribution >= 0.6 is 0 Å². The molecule has 0 saturated carbocycles. The van der Waals surface area contributed by atoms with Gasteiger partial charge in [0.2, 0.25) is 5.91 Å². The first-order valence-corrected chi connectivity index (χ1v) is 7.32. The van der Waals surface area contributed by atoms with Crippen molar-refractivity contribution in [1.82, 2.24) is 10.2 Å². The molecule has 0 unspecified atom stereocenters. The van der Waals surface area contributed by atoms with Gasteiger partial charge in [-0.05, 0) is 37.3 Å². The fourth-order valence-electron chi connectivity index (χ4n) is 2.37. The molecular formula is C17H16N4O3. The van der Waals surface area contributed by atoms with E-state index >= 15 is 0 Å². The summed E-state index contributed by atoms with van der Waals surface area (Å²) >= 11 is 0. The van der Waals surface area contributed by atoms with Gasteiger partial charge in [-0.1, -0.05) is 6.07 Å². The van der Waals surface area contributed by atoms with E-state index in [1.807, 2.05) is 0 Å². The normalized spacial score (nSPS) is 10.4. The monoisotopic (exact) mass is 324 g/mol. The number of carbonyl (C=O) groups excluding carboxylic acids is 2. The average molecular weight is 324 g/mol. The Bertz CT molecular complexity index is 881. The van der Waals surface area contributed by atoms with Gasteiger partial charge < -0.3 is 15.1 Å². The zero-order valence-electron chi connectivity index (χ0n) is 13.2. The highest BCUT2D eigenvalue weighted by Gasteiger charge is 2.21. The molecular weight excluding hydrogens is 308 g/mol. The van der Waals surface area contributed by atoms with Crippen LogP contribution in [0.3, 0.4) is 0 Å². The van der Waals surface area contributed by atoms with Gasteiger partial charge in [0, 0.05) is 24.0 Å². The summed E-state index contributed by atoms with van der Waals surface area (Å²) in [5.74, 6) is 0.0217. The molecule has 0 spiro atoms. The molecule has 3 aromatic rings. The Morgan fingerprint density at radius 3 is 2.54 bits per heavy atom. The van der Waals surface area contributed by atoms with Gasteiger partial charge in [0.1, 0.15) is 5.69 Å². The first kappa shape index (κ1) is 15.5. The van der Waals surface area contributed by atoms with E-state index in [0.29, 0.717) is 34.1 Å². The molecule has 3 N–H and O–H groups in total. The molecule has 122 valence electrons. The zero-order valence-corrected chi connectivity index (χ0v) is 13.2. The highest BCUT2D eigenvalue weighted by molar-refractivity contribution is 6.09. The molecule has 0 aliphatic carbocycles. The Balaban J connectivity index is 1.86. The summed E-state index contributed by atoms with van der Waals surface area (Å²) in [5, 5.41) is 12.4. The number of benzene rings is 1. The predicted octanol–water partition coefficient (Wildman–Crippen LogP) is 3.19. The van der Waals surface area contributed by atoms with Crippen LogP contribution in [0.15, 0.2) is 47.1 Å². The summed E-state index contributed by atoms with van der Waals surface area (Å²) < 4.78 is 5.33. The van der Waals surface area contributed by atoms with Crippen LogP contribution in [0, 0.1) is 6.92 Å². The molecule has 3 rings (SSSR count). The van der Waals surface area contributed by atoms with E-state index < -0.39 is 0 Å². The van der Waals surface area contributed by atoms with Gasteiger partial charge in [-0.25, -0.2) is 0 Å². The largest absolute Gasteiger partial charge is 0.463 e. The van der Waals surface area contributed by atoms with E-state index in [9.17, 15) is 9.59 Å². The maximum absolute atomic E-state index is 12.6. The molecule has 7 nitrogen and oxygen atoms in total. The van der Waals surface area contributed by atoms with Crippen molar-refractivity contribution in [2.75, 3.05) is 10.6 Å². The number of aromatic amines is 1. The molecule has 0 atom stereocenters. The number of amides is 2. The minimum absolute atomic E-state index is 0.177. The summed E-state index contributed by atoms with van der Waals surface area (Å²) in [6, 6.07) is 10.4. The van der Waals surface area contributed by atoms with Crippen molar-refractivity contribution in [3.63, 3.8) is 0 Å². The summed E-state index contributed by atoms with van der Waals surface area (Å²) in [6.45, 7) is 3.19. The summed E-state index contributed by atoms with van der Waals surface area (Å²) in [7, 11) is 0. The molecule has 24 heavy (non-hydrogen) atoms. The number of aryl methyl sites for hydroxylation is 1. The van der Waals surface area contributed by atoms with Gasteiger partial charge in [0.25, 0.3) is 5.91 Å². The maximum atomic E-state index is 12.6. The molecule has 0 saturated heterocycles. The third-order valence-corrected chi connectivity index (χ3v) is 3.37. The smallest absolute Gasteiger partial charge is 0.259 e. The Morgan fingerprint density at radius 2 is 1.88 bits per heavy atom. The van der Waals surface area contributed by atoms with Crippen LogP contribution in [0.25, 0.3) is 11.5 Å². The summed E-state index contributed by atoms with van der Waals surface area (Å²) in [4.78, 5) is 23.8. The first-order valence-electron chi connectivity index (χ1n) is 7.32. The molecule has 0 aliphatic heterocycles. The van der Waals surface area contributed by atoms with Crippen molar-refractivity contribution < 1.29 is 14.0 Å². The predicted molar refractivity (Wildman–Crippen MR) is 89.7 cm³/mol. The number of carbonyl (C=O) groups is 2. The van der Waals surface area contributed by atoms with Crippen LogP contribution in [0.4, 0.5) is 11.4 Å². The van der Waals surface area contributed by atoms with Crippen LogP contribution in [0.1, 0.15) is 23.0 Å².